The molecule has 102 valence electrons. The van der Waals surface area contributed by atoms with Gasteiger partial charge in [0.05, 0.1) is 16.2 Å². The first-order chi connectivity index (χ1) is 9.17. The molecule has 0 amide bonds. The average molecular weight is 315 g/mol. The lowest BCUT2D eigenvalue weighted by atomic mass is 9.84. The van der Waals surface area contributed by atoms with Gasteiger partial charge in [0.1, 0.15) is 0 Å². The Morgan fingerprint density at radius 2 is 1.95 bits per heavy atom. The second-order valence-electron chi connectivity index (χ2n) is 5.24. The van der Waals surface area contributed by atoms with Gasteiger partial charge < -0.3 is 5.32 Å². The van der Waals surface area contributed by atoms with Crippen LogP contribution in [0.25, 0.3) is 0 Å². The van der Waals surface area contributed by atoms with E-state index in [1.54, 1.807) is 17.8 Å². The molecule has 1 aromatic carbocycles. The van der Waals surface area contributed by atoms with Crippen molar-refractivity contribution in [3.05, 3.63) is 28.2 Å². The van der Waals surface area contributed by atoms with Crippen molar-refractivity contribution in [3.63, 3.8) is 0 Å². The maximum atomic E-state index is 6.17. The molecular formula is C14H16Cl2N2S. The SMILES string of the molecule is Clc1ccc(NC2=NC3(CCCCC3)CS2)c(Cl)c1. The summed E-state index contributed by atoms with van der Waals surface area (Å²) in [5.41, 5.74) is 1.06. The predicted octanol–water partition coefficient (Wildman–Crippen LogP) is 5.21. The van der Waals surface area contributed by atoms with Crippen molar-refractivity contribution in [3.8, 4) is 0 Å². The van der Waals surface area contributed by atoms with Gasteiger partial charge in [0.2, 0.25) is 0 Å². The number of hydrogen-bond donors (Lipinski definition) is 1. The van der Waals surface area contributed by atoms with E-state index in [2.05, 4.69) is 5.32 Å². The summed E-state index contributed by atoms with van der Waals surface area (Å²) >= 11 is 13.9. The lowest BCUT2D eigenvalue weighted by molar-refractivity contribution is 0.335. The summed E-state index contributed by atoms with van der Waals surface area (Å²) in [6.07, 6.45) is 6.41. The first-order valence-corrected chi connectivity index (χ1v) is 8.36. The minimum absolute atomic E-state index is 0.185. The van der Waals surface area contributed by atoms with Crippen LogP contribution < -0.4 is 5.32 Å². The number of rotatable bonds is 1. The van der Waals surface area contributed by atoms with Crippen molar-refractivity contribution < 1.29 is 0 Å². The zero-order valence-electron chi connectivity index (χ0n) is 10.6. The van der Waals surface area contributed by atoms with Gasteiger partial charge in [-0.15, -0.1) is 0 Å². The molecule has 2 aliphatic rings. The fraction of sp³-hybridized carbons (Fsp3) is 0.500. The van der Waals surface area contributed by atoms with Gasteiger partial charge in [-0.2, -0.15) is 0 Å². The monoisotopic (exact) mass is 314 g/mol. The number of amidine groups is 1. The van der Waals surface area contributed by atoms with Crippen LogP contribution in [0.5, 0.6) is 0 Å². The number of anilines is 1. The molecule has 1 aromatic rings. The summed E-state index contributed by atoms with van der Waals surface area (Å²) in [6, 6.07) is 5.49. The van der Waals surface area contributed by atoms with E-state index in [0.717, 1.165) is 16.6 Å². The number of aliphatic imine (C=N–C) groups is 1. The van der Waals surface area contributed by atoms with Crippen molar-refractivity contribution >= 4 is 45.8 Å². The van der Waals surface area contributed by atoms with Crippen LogP contribution in [-0.2, 0) is 0 Å². The highest BCUT2D eigenvalue weighted by Crippen LogP contribution is 2.40. The first-order valence-electron chi connectivity index (χ1n) is 6.62. The topological polar surface area (TPSA) is 24.4 Å². The largest absolute Gasteiger partial charge is 0.334 e. The molecular weight excluding hydrogens is 299 g/mol. The van der Waals surface area contributed by atoms with E-state index in [-0.39, 0.29) is 5.54 Å². The Morgan fingerprint density at radius 3 is 2.68 bits per heavy atom. The zero-order chi connectivity index (χ0) is 13.3. The molecule has 1 spiro atoms. The van der Waals surface area contributed by atoms with Crippen LogP contribution in [0.1, 0.15) is 32.1 Å². The number of benzene rings is 1. The fourth-order valence-electron chi connectivity index (χ4n) is 2.72. The standard InChI is InChI=1S/C14H16Cl2N2S/c15-10-4-5-12(11(16)8-10)17-13-18-14(9-19-13)6-2-1-3-7-14/h4-5,8H,1-3,6-7,9H2,(H,17,18). The Labute approximate surface area is 128 Å². The molecule has 0 bridgehead atoms. The molecule has 0 atom stereocenters. The molecule has 2 nitrogen and oxygen atoms in total. The fourth-order valence-corrected chi connectivity index (χ4v) is 4.37. The quantitative estimate of drug-likeness (QED) is 0.769. The van der Waals surface area contributed by atoms with Crippen LogP contribution in [0.2, 0.25) is 10.0 Å². The predicted molar refractivity (Wildman–Crippen MR) is 85.8 cm³/mol. The highest BCUT2D eigenvalue weighted by Gasteiger charge is 2.36. The van der Waals surface area contributed by atoms with E-state index >= 15 is 0 Å². The van der Waals surface area contributed by atoms with Crippen LogP contribution in [-0.4, -0.2) is 16.5 Å². The second-order valence-corrected chi connectivity index (χ2v) is 7.05. The molecule has 1 heterocycles. The second kappa shape index (κ2) is 5.55. The molecule has 1 N–H and O–H groups in total. The Bertz CT molecular complexity index is 510. The lowest BCUT2D eigenvalue weighted by Gasteiger charge is -2.29. The molecule has 0 saturated heterocycles. The molecule has 5 heteroatoms. The van der Waals surface area contributed by atoms with Crippen molar-refractivity contribution in [2.45, 2.75) is 37.6 Å². The van der Waals surface area contributed by atoms with Crippen LogP contribution >= 0.6 is 35.0 Å². The summed E-state index contributed by atoms with van der Waals surface area (Å²) in [5.74, 6) is 1.10. The molecule has 1 fully saturated rings. The van der Waals surface area contributed by atoms with E-state index in [1.807, 2.05) is 12.1 Å². The van der Waals surface area contributed by atoms with Crippen molar-refractivity contribution in [2.75, 3.05) is 11.1 Å². The van der Waals surface area contributed by atoms with Gasteiger partial charge in [0.15, 0.2) is 5.17 Å². The summed E-state index contributed by atoms with van der Waals surface area (Å²) < 4.78 is 0. The Morgan fingerprint density at radius 1 is 1.16 bits per heavy atom. The molecule has 1 aliphatic heterocycles. The van der Waals surface area contributed by atoms with Crippen LogP contribution in [0.15, 0.2) is 23.2 Å². The molecule has 3 rings (SSSR count). The maximum absolute atomic E-state index is 6.17. The van der Waals surface area contributed by atoms with Gasteiger partial charge in [-0.1, -0.05) is 54.2 Å². The minimum Gasteiger partial charge on any atom is -0.334 e. The number of halogens is 2. The number of nitrogens with one attached hydrogen (secondary N) is 1. The maximum Gasteiger partial charge on any atom is 0.161 e. The van der Waals surface area contributed by atoms with Crippen molar-refractivity contribution in [1.29, 1.82) is 0 Å². The van der Waals surface area contributed by atoms with E-state index in [9.17, 15) is 0 Å². The van der Waals surface area contributed by atoms with Gasteiger partial charge in [0, 0.05) is 10.8 Å². The molecule has 1 saturated carbocycles. The Hall–Kier alpha value is -0.380. The van der Waals surface area contributed by atoms with E-state index < -0.39 is 0 Å². The Kier molecular flexibility index (Phi) is 3.97. The molecule has 0 radical (unpaired) electrons. The summed E-state index contributed by atoms with van der Waals surface area (Å²) in [6.45, 7) is 0. The summed E-state index contributed by atoms with van der Waals surface area (Å²) in [7, 11) is 0. The minimum atomic E-state index is 0.185. The highest BCUT2D eigenvalue weighted by atomic mass is 35.5. The van der Waals surface area contributed by atoms with Gasteiger partial charge in [-0.25, -0.2) is 0 Å². The molecule has 0 unspecified atom stereocenters. The van der Waals surface area contributed by atoms with Gasteiger partial charge >= 0.3 is 0 Å². The molecule has 0 aromatic heterocycles. The molecule has 19 heavy (non-hydrogen) atoms. The van der Waals surface area contributed by atoms with E-state index in [1.165, 1.54) is 32.1 Å². The van der Waals surface area contributed by atoms with Gasteiger partial charge in [-0.3, -0.25) is 4.99 Å². The highest BCUT2D eigenvalue weighted by molar-refractivity contribution is 8.14. The average Bonchev–Trinajstić information content (AvgIpc) is 2.77. The van der Waals surface area contributed by atoms with E-state index in [0.29, 0.717) is 10.0 Å². The summed E-state index contributed by atoms with van der Waals surface area (Å²) in [4.78, 5) is 4.91. The van der Waals surface area contributed by atoms with Crippen LogP contribution in [0, 0.1) is 0 Å². The first kappa shape index (κ1) is 13.6. The third-order valence-electron chi connectivity index (χ3n) is 3.77. The van der Waals surface area contributed by atoms with Gasteiger partial charge in [-0.05, 0) is 31.0 Å². The van der Waals surface area contributed by atoms with Crippen molar-refractivity contribution in [2.24, 2.45) is 4.99 Å². The summed E-state index contributed by atoms with van der Waals surface area (Å²) in [5, 5.41) is 5.61. The number of hydrogen-bond acceptors (Lipinski definition) is 3. The van der Waals surface area contributed by atoms with E-state index in [4.69, 9.17) is 28.2 Å². The molecule has 1 aliphatic carbocycles. The van der Waals surface area contributed by atoms with Gasteiger partial charge in [0.25, 0.3) is 0 Å². The Balaban J connectivity index is 1.75. The number of nitrogens with zero attached hydrogens (tertiary/aromatic N) is 1. The van der Waals surface area contributed by atoms with Crippen LogP contribution in [0.3, 0.4) is 0 Å². The smallest absolute Gasteiger partial charge is 0.161 e. The van der Waals surface area contributed by atoms with Crippen molar-refractivity contribution in [1.82, 2.24) is 0 Å². The third kappa shape index (κ3) is 3.04. The number of thioether (sulfide) groups is 1. The lowest BCUT2D eigenvalue weighted by Crippen LogP contribution is -2.29. The van der Waals surface area contributed by atoms with Crippen LogP contribution in [0.4, 0.5) is 5.69 Å². The third-order valence-corrected chi connectivity index (χ3v) is 5.47. The normalized spacial score (nSPS) is 21.5. The zero-order valence-corrected chi connectivity index (χ0v) is 12.9.